The molecule has 1 aliphatic heterocycles. The second-order valence-corrected chi connectivity index (χ2v) is 5.24. The smallest absolute Gasteiger partial charge is 0.228 e. The van der Waals surface area contributed by atoms with Gasteiger partial charge in [0.2, 0.25) is 5.91 Å². The highest BCUT2D eigenvalue weighted by atomic mass is 16.2. The molecule has 0 aromatic rings. The Balaban J connectivity index is 2.60. The van der Waals surface area contributed by atoms with Crippen LogP contribution in [0.2, 0.25) is 0 Å². The van der Waals surface area contributed by atoms with Crippen molar-refractivity contribution in [3.05, 3.63) is 0 Å². The number of piperidine rings is 1. The minimum Gasteiger partial charge on any atom is -0.342 e. The van der Waals surface area contributed by atoms with Crippen molar-refractivity contribution in [2.45, 2.75) is 47.0 Å². The minimum absolute atomic E-state index is 0.170. The number of carbonyl (C=O) groups excluding carboxylic acids is 1. The third-order valence-corrected chi connectivity index (χ3v) is 3.41. The number of carbonyl (C=O) groups is 1. The van der Waals surface area contributed by atoms with Crippen LogP contribution >= 0.6 is 0 Å². The Morgan fingerprint density at radius 2 is 2.14 bits per heavy atom. The second-order valence-electron chi connectivity index (χ2n) is 5.24. The first kappa shape index (κ1) is 11.5. The van der Waals surface area contributed by atoms with Crippen LogP contribution in [-0.2, 0) is 4.79 Å². The summed E-state index contributed by atoms with van der Waals surface area (Å²) in [4.78, 5) is 14.2. The van der Waals surface area contributed by atoms with Crippen molar-refractivity contribution in [2.75, 3.05) is 13.1 Å². The molecule has 1 aliphatic rings. The van der Waals surface area contributed by atoms with Crippen LogP contribution in [0.3, 0.4) is 0 Å². The molecule has 0 aliphatic carbocycles. The molecule has 0 aromatic carbocycles. The Bertz CT molecular complexity index is 210. The molecule has 0 radical (unpaired) electrons. The fourth-order valence-corrected chi connectivity index (χ4v) is 1.95. The molecule has 1 atom stereocenters. The molecule has 0 bridgehead atoms. The number of amides is 1. The Kier molecular flexibility index (Phi) is 3.57. The molecule has 1 amide bonds. The van der Waals surface area contributed by atoms with Crippen molar-refractivity contribution >= 4 is 5.91 Å². The van der Waals surface area contributed by atoms with E-state index in [2.05, 4.69) is 32.6 Å². The monoisotopic (exact) mass is 197 g/mol. The summed E-state index contributed by atoms with van der Waals surface area (Å²) >= 11 is 0. The van der Waals surface area contributed by atoms with Gasteiger partial charge in [-0.2, -0.15) is 0 Å². The van der Waals surface area contributed by atoms with Crippen molar-refractivity contribution in [2.24, 2.45) is 11.3 Å². The van der Waals surface area contributed by atoms with Gasteiger partial charge in [0, 0.05) is 18.5 Å². The van der Waals surface area contributed by atoms with E-state index in [9.17, 15) is 4.79 Å². The van der Waals surface area contributed by atoms with Gasteiger partial charge in [0.15, 0.2) is 0 Å². The van der Waals surface area contributed by atoms with Gasteiger partial charge in [-0.3, -0.25) is 4.79 Å². The summed E-state index contributed by atoms with van der Waals surface area (Å²) in [6.07, 6.45) is 3.37. The van der Waals surface area contributed by atoms with Gasteiger partial charge in [-0.1, -0.05) is 27.7 Å². The molecule has 2 heteroatoms. The maximum Gasteiger partial charge on any atom is 0.228 e. The van der Waals surface area contributed by atoms with Crippen molar-refractivity contribution in [3.8, 4) is 0 Å². The first-order valence-corrected chi connectivity index (χ1v) is 5.76. The Hall–Kier alpha value is -0.530. The number of hydrogen-bond acceptors (Lipinski definition) is 1. The average molecular weight is 197 g/mol. The fraction of sp³-hybridized carbons (Fsp3) is 0.917. The van der Waals surface area contributed by atoms with Crippen LogP contribution in [0.15, 0.2) is 0 Å². The minimum atomic E-state index is -0.170. The molecule has 1 unspecified atom stereocenters. The van der Waals surface area contributed by atoms with Crippen molar-refractivity contribution < 1.29 is 4.79 Å². The first-order valence-electron chi connectivity index (χ1n) is 5.76. The van der Waals surface area contributed by atoms with Crippen LogP contribution in [0.25, 0.3) is 0 Å². The molecule has 1 fully saturated rings. The van der Waals surface area contributed by atoms with Gasteiger partial charge in [0.05, 0.1) is 0 Å². The fourth-order valence-electron chi connectivity index (χ4n) is 1.95. The van der Waals surface area contributed by atoms with Gasteiger partial charge in [0.25, 0.3) is 0 Å². The Morgan fingerprint density at radius 3 is 2.64 bits per heavy atom. The van der Waals surface area contributed by atoms with E-state index in [4.69, 9.17) is 0 Å². The standard InChI is InChI=1S/C12H23NO/c1-5-12(3,4)11(14)13-8-6-7-10(2)9-13/h10H,5-9H2,1-4H3. The van der Waals surface area contributed by atoms with E-state index in [0.717, 1.165) is 19.5 Å². The third kappa shape index (κ3) is 2.49. The molecular formula is C12H23NO. The van der Waals surface area contributed by atoms with Crippen LogP contribution in [0, 0.1) is 11.3 Å². The Morgan fingerprint density at radius 1 is 1.50 bits per heavy atom. The summed E-state index contributed by atoms with van der Waals surface area (Å²) in [6, 6.07) is 0. The summed E-state index contributed by atoms with van der Waals surface area (Å²) in [7, 11) is 0. The molecular weight excluding hydrogens is 174 g/mol. The normalized spacial score (nSPS) is 23.7. The van der Waals surface area contributed by atoms with Gasteiger partial charge >= 0.3 is 0 Å². The van der Waals surface area contributed by atoms with Crippen LogP contribution in [0.1, 0.15) is 47.0 Å². The lowest BCUT2D eigenvalue weighted by Crippen LogP contribution is -2.45. The lowest BCUT2D eigenvalue weighted by atomic mass is 9.87. The highest BCUT2D eigenvalue weighted by Crippen LogP contribution is 2.26. The number of likely N-dealkylation sites (tertiary alicyclic amines) is 1. The lowest BCUT2D eigenvalue weighted by Gasteiger charge is -2.36. The average Bonchev–Trinajstić information content (AvgIpc) is 2.16. The SMILES string of the molecule is CCC(C)(C)C(=O)N1CCCC(C)C1. The highest BCUT2D eigenvalue weighted by molar-refractivity contribution is 5.81. The molecule has 82 valence electrons. The van der Waals surface area contributed by atoms with E-state index >= 15 is 0 Å². The largest absolute Gasteiger partial charge is 0.342 e. The maximum atomic E-state index is 12.1. The van der Waals surface area contributed by atoms with Crippen molar-refractivity contribution in [1.29, 1.82) is 0 Å². The van der Waals surface area contributed by atoms with Gasteiger partial charge in [0.1, 0.15) is 0 Å². The second kappa shape index (κ2) is 4.33. The summed E-state index contributed by atoms with van der Waals surface area (Å²) < 4.78 is 0. The predicted octanol–water partition coefficient (Wildman–Crippen LogP) is 2.68. The van der Waals surface area contributed by atoms with Crippen molar-refractivity contribution in [3.63, 3.8) is 0 Å². The van der Waals surface area contributed by atoms with E-state index in [-0.39, 0.29) is 5.41 Å². The molecule has 2 nitrogen and oxygen atoms in total. The van der Waals surface area contributed by atoms with Gasteiger partial charge in [-0.25, -0.2) is 0 Å². The van der Waals surface area contributed by atoms with E-state index in [1.54, 1.807) is 0 Å². The summed E-state index contributed by atoms with van der Waals surface area (Å²) in [5, 5.41) is 0. The molecule has 0 N–H and O–H groups in total. The first-order chi connectivity index (χ1) is 6.47. The summed E-state index contributed by atoms with van der Waals surface area (Å²) in [5.41, 5.74) is -0.170. The molecule has 0 aromatic heterocycles. The van der Waals surface area contributed by atoms with E-state index in [0.29, 0.717) is 11.8 Å². The zero-order valence-electron chi connectivity index (χ0n) is 9.97. The molecule has 1 saturated heterocycles. The van der Waals surface area contributed by atoms with Crippen molar-refractivity contribution in [1.82, 2.24) is 4.90 Å². The van der Waals surface area contributed by atoms with E-state index in [1.807, 2.05) is 0 Å². The van der Waals surface area contributed by atoms with Crippen LogP contribution < -0.4 is 0 Å². The quantitative estimate of drug-likeness (QED) is 0.666. The topological polar surface area (TPSA) is 20.3 Å². The van der Waals surface area contributed by atoms with Gasteiger partial charge < -0.3 is 4.90 Å². The van der Waals surface area contributed by atoms with Gasteiger partial charge in [-0.15, -0.1) is 0 Å². The third-order valence-electron chi connectivity index (χ3n) is 3.41. The number of hydrogen-bond donors (Lipinski definition) is 0. The predicted molar refractivity (Wildman–Crippen MR) is 59.1 cm³/mol. The van der Waals surface area contributed by atoms with E-state index < -0.39 is 0 Å². The number of rotatable bonds is 2. The van der Waals surface area contributed by atoms with Crippen LogP contribution in [0.5, 0.6) is 0 Å². The Labute approximate surface area is 87.7 Å². The van der Waals surface area contributed by atoms with Gasteiger partial charge in [-0.05, 0) is 25.2 Å². The maximum absolute atomic E-state index is 12.1. The zero-order chi connectivity index (χ0) is 10.8. The van der Waals surface area contributed by atoms with E-state index in [1.165, 1.54) is 12.8 Å². The lowest BCUT2D eigenvalue weighted by molar-refractivity contribution is -0.142. The molecule has 1 rings (SSSR count). The zero-order valence-corrected chi connectivity index (χ0v) is 9.97. The molecule has 0 spiro atoms. The summed E-state index contributed by atoms with van der Waals surface area (Å²) in [5.74, 6) is 1.02. The van der Waals surface area contributed by atoms with Crippen LogP contribution in [-0.4, -0.2) is 23.9 Å². The highest BCUT2D eigenvalue weighted by Gasteiger charge is 2.31. The molecule has 0 saturated carbocycles. The molecule has 14 heavy (non-hydrogen) atoms. The van der Waals surface area contributed by atoms with Crippen LogP contribution in [0.4, 0.5) is 0 Å². The molecule has 1 heterocycles. The summed E-state index contributed by atoms with van der Waals surface area (Å²) in [6.45, 7) is 10.3. The number of nitrogens with zero attached hydrogens (tertiary/aromatic N) is 1.